The molecule has 1 aliphatic rings. The fraction of sp³-hybridized carbons (Fsp3) is 0.316. The molecule has 1 fully saturated rings. The third-order valence-corrected chi connectivity index (χ3v) is 4.28. The van der Waals surface area contributed by atoms with Gasteiger partial charge in [0.15, 0.2) is 0 Å². The maximum Gasteiger partial charge on any atom is 0.328 e. The topological polar surface area (TPSA) is 95.3 Å². The van der Waals surface area contributed by atoms with Crippen molar-refractivity contribution >= 4 is 17.9 Å². The number of carboxylic acid groups (broad SMARTS) is 1. The second-order valence-corrected chi connectivity index (χ2v) is 6.24. The molecule has 1 aromatic heterocycles. The molecule has 130 valence electrons. The molecular formula is C19H21N3O3. The van der Waals surface area contributed by atoms with Gasteiger partial charge in [-0.25, -0.2) is 9.78 Å². The number of rotatable bonds is 5. The number of carbonyl (C=O) groups is 1. The number of benzene rings is 1. The molecule has 3 rings (SSSR count). The molecule has 1 aromatic carbocycles. The number of nitrogens with zero attached hydrogens (tertiary/aromatic N) is 2. The molecule has 3 N–H and O–H groups in total. The zero-order valence-corrected chi connectivity index (χ0v) is 13.8. The summed E-state index contributed by atoms with van der Waals surface area (Å²) in [5.41, 5.74) is 2.40. The van der Waals surface area contributed by atoms with Crippen LogP contribution < -0.4 is 5.32 Å². The van der Waals surface area contributed by atoms with E-state index in [4.69, 9.17) is 5.11 Å². The summed E-state index contributed by atoms with van der Waals surface area (Å²) in [5, 5.41) is 21.7. The third kappa shape index (κ3) is 4.87. The smallest absolute Gasteiger partial charge is 0.328 e. The van der Waals surface area contributed by atoms with E-state index < -0.39 is 5.97 Å². The second-order valence-electron chi connectivity index (χ2n) is 6.24. The normalized spacial score (nSPS) is 20.5. The first kappa shape index (κ1) is 17.1. The van der Waals surface area contributed by atoms with Crippen LogP contribution in [-0.2, 0) is 4.79 Å². The van der Waals surface area contributed by atoms with Crippen LogP contribution in [0.2, 0.25) is 0 Å². The Kier molecular flexibility index (Phi) is 5.40. The predicted octanol–water partition coefficient (Wildman–Crippen LogP) is 2.96. The second kappa shape index (κ2) is 7.90. The fourth-order valence-corrected chi connectivity index (χ4v) is 2.97. The number of aromatic nitrogens is 2. The van der Waals surface area contributed by atoms with Crippen LogP contribution in [0.25, 0.3) is 17.3 Å². The standard InChI is InChI=1S/C19H21N3O3/c23-16-7-5-15(6-8-16)21-18-12-20-11-17(22-18)14-3-1-2-13(10-14)4-9-19(24)25/h1-4,9-12,15-16,23H,5-8H2,(H,21,22)(H,24,25)/b9-4+/t15-,16-. The van der Waals surface area contributed by atoms with Crippen LogP contribution in [0.15, 0.2) is 42.7 Å². The predicted molar refractivity (Wildman–Crippen MR) is 96.0 cm³/mol. The Balaban J connectivity index is 1.75. The Hall–Kier alpha value is -2.73. The number of aliphatic carboxylic acids is 1. The van der Waals surface area contributed by atoms with Gasteiger partial charge in [0.25, 0.3) is 0 Å². The Bertz CT molecular complexity index is 768. The van der Waals surface area contributed by atoms with Crippen LogP contribution in [0.4, 0.5) is 5.82 Å². The molecule has 6 heteroatoms. The largest absolute Gasteiger partial charge is 0.478 e. The van der Waals surface area contributed by atoms with Gasteiger partial charge < -0.3 is 15.5 Å². The number of nitrogens with one attached hydrogen (secondary N) is 1. The Morgan fingerprint density at radius 2 is 2.00 bits per heavy atom. The highest BCUT2D eigenvalue weighted by molar-refractivity contribution is 5.85. The van der Waals surface area contributed by atoms with Crippen molar-refractivity contribution in [3.05, 3.63) is 48.3 Å². The highest BCUT2D eigenvalue weighted by atomic mass is 16.4. The van der Waals surface area contributed by atoms with Crippen LogP contribution in [0, 0.1) is 0 Å². The first-order chi connectivity index (χ1) is 12.1. The zero-order chi connectivity index (χ0) is 17.6. The maximum atomic E-state index is 10.6. The molecule has 1 heterocycles. The minimum Gasteiger partial charge on any atom is -0.478 e. The van der Waals surface area contributed by atoms with Crippen molar-refractivity contribution in [2.24, 2.45) is 0 Å². The Morgan fingerprint density at radius 3 is 2.76 bits per heavy atom. The lowest BCUT2D eigenvalue weighted by Crippen LogP contribution is -2.28. The number of hydrogen-bond acceptors (Lipinski definition) is 5. The lowest BCUT2D eigenvalue weighted by Gasteiger charge is -2.26. The highest BCUT2D eigenvalue weighted by Gasteiger charge is 2.19. The molecule has 6 nitrogen and oxygen atoms in total. The maximum absolute atomic E-state index is 10.6. The highest BCUT2D eigenvalue weighted by Crippen LogP contribution is 2.23. The summed E-state index contributed by atoms with van der Waals surface area (Å²) in [6, 6.07) is 7.80. The monoisotopic (exact) mass is 339 g/mol. The van der Waals surface area contributed by atoms with Crippen molar-refractivity contribution in [1.82, 2.24) is 9.97 Å². The minimum absolute atomic E-state index is 0.183. The van der Waals surface area contributed by atoms with Crippen LogP contribution in [0.1, 0.15) is 31.2 Å². The van der Waals surface area contributed by atoms with Gasteiger partial charge in [-0.1, -0.05) is 18.2 Å². The van der Waals surface area contributed by atoms with Gasteiger partial charge in [-0.2, -0.15) is 0 Å². The fourth-order valence-electron chi connectivity index (χ4n) is 2.97. The lowest BCUT2D eigenvalue weighted by molar-refractivity contribution is -0.131. The van der Waals surface area contributed by atoms with Gasteiger partial charge in [0.1, 0.15) is 5.82 Å². The summed E-state index contributed by atoms with van der Waals surface area (Å²) in [6.45, 7) is 0. The van der Waals surface area contributed by atoms with Gasteiger partial charge in [-0.15, -0.1) is 0 Å². The van der Waals surface area contributed by atoms with E-state index in [-0.39, 0.29) is 6.10 Å². The van der Waals surface area contributed by atoms with Gasteiger partial charge in [-0.05, 0) is 43.4 Å². The van der Waals surface area contributed by atoms with Crippen LogP contribution in [0.5, 0.6) is 0 Å². The number of aliphatic hydroxyl groups excluding tert-OH is 1. The van der Waals surface area contributed by atoms with Gasteiger partial charge in [0.2, 0.25) is 0 Å². The van der Waals surface area contributed by atoms with Crippen molar-refractivity contribution in [1.29, 1.82) is 0 Å². The molecule has 25 heavy (non-hydrogen) atoms. The Morgan fingerprint density at radius 1 is 1.20 bits per heavy atom. The van der Waals surface area contributed by atoms with Crippen LogP contribution >= 0.6 is 0 Å². The number of aliphatic hydroxyl groups is 1. The molecule has 0 aliphatic heterocycles. The summed E-state index contributed by atoms with van der Waals surface area (Å²) in [4.78, 5) is 19.5. The molecule has 0 atom stereocenters. The summed E-state index contributed by atoms with van der Waals surface area (Å²) in [6.07, 6.45) is 9.32. The SMILES string of the molecule is O=C(O)/C=C/c1cccc(-c2cncc(N[C@H]3CC[C@H](O)CC3)n2)c1. The molecule has 2 aromatic rings. The number of anilines is 1. The van der Waals surface area contributed by atoms with Crippen molar-refractivity contribution in [3.63, 3.8) is 0 Å². The van der Waals surface area contributed by atoms with Crippen molar-refractivity contribution in [2.75, 3.05) is 5.32 Å². The van der Waals surface area contributed by atoms with Crippen molar-refractivity contribution in [2.45, 2.75) is 37.8 Å². The molecule has 0 amide bonds. The summed E-state index contributed by atoms with van der Waals surface area (Å²) in [7, 11) is 0. The first-order valence-electron chi connectivity index (χ1n) is 8.38. The molecule has 0 radical (unpaired) electrons. The molecule has 0 spiro atoms. The van der Waals surface area contributed by atoms with Crippen LogP contribution in [0.3, 0.4) is 0 Å². The van der Waals surface area contributed by atoms with E-state index in [2.05, 4.69) is 15.3 Å². The van der Waals surface area contributed by atoms with E-state index in [0.29, 0.717) is 11.9 Å². The van der Waals surface area contributed by atoms with E-state index in [9.17, 15) is 9.90 Å². The Labute approximate surface area is 146 Å². The summed E-state index contributed by atoms with van der Waals surface area (Å²) < 4.78 is 0. The van der Waals surface area contributed by atoms with Gasteiger partial charge in [0, 0.05) is 17.7 Å². The van der Waals surface area contributed by atoms with Crippen molar-refractivity contribution < 1.29 is 15.0 Å². The molecule has 0 unspecified atom stereocenters. The van der Waals surface area contributed by atoms with E-state index in [0.717, 1.165) is 48.6 Å². The van der Waals surface area contributed by atoms with E-state index in [1.165, 1.54) is 0 Å². The van der Waals surface area contributed by atoms with Crippen molar-refractivity contribution in [3.8, 4) is 11.3 Å². The molecule has 1 aliphatic carbocycles. The minimum atomic E-state index is -0.978. The van der Waals surface area contributed by atoms with Gasteiger partial charge in [-0.3, -0.25) is 4.98 Å². The summed E-state index contributed by atoms with van der Waals surface area (Å²) in [5.74, 6) is -0.264. The molecule has 0 bridgehead atoms. The summed E-state index contributed by atoms with van der Waals surface area (Å²) >= 11 is 0. The van der Waals surface area contributed by atoms with Gasteiger partial charge in [0.05, 0.1) is 24.2 Å². The number of hydrogen-bond donors (Lipinski definition) is 3. The zero-order valence-electron chi connectivity index (χ0n) is 13.8. The first-order valence-corrected chi connectivity index (χ1v) is 8.38. The van der Waals surface area contributed by atoms with E-state index >= 15 is 0 Å². The van der Waals surface area contributed by atoms with Gasteiger partial charge >= 0.3 is 5.97 Å². The average Bonchev–Trinajstić information content (AvgIpc) is 2.62. The van der Waals surface area contributed by atoms with E-state index in [1.54, 1.807) is 18.5 Å². The van der Waals surface area contributed by atoms with E-state index in [1.807, 2.05) is 24.3 Å². The van der Waals surface area contributed by atoms with Crippen LogP contribution in [-0.4, -0.2) is 38.3 Å². The molecule has 1 saturated carbocycles. The molecular weight excluding hydrogens is 318 g/mol. The number of carboxylic acids is 1. The average molecular weight is 339 g/mol. The third-order valence-electron chi connectivity index (χ3n) is 4.28. The quantitative estimate of drug-likeness (QED) is 0.725. The lowest BCUT2D eigenvalue weighted by atomic mass is 9.93. The molecule has 0 saturated heterocycles.